The fraction of sp³-hybridized carbons (Fsp3) is 0.263. The molecular weight excluding hydrogens is 459 g/mol. The van der Waals surface area contributed by atoms with Crippen molar-refractivity contribution in [3.63, 3.8) is 0 Å². The Kier molecular flexibility index (Phi) is 4.81. The van der Waals surface area contributed by atoms with Gasteiger partial charge in [-0.05, 0) is 71.8 Å². The van der Waals surface area contributed by atoms with E-state index in [1.165, 1.54) is 0 Å². The van der Waals surface area contributed by atoms with E-state index in [1.807, 2.05) is 24.3 Å². The first kappa shape index (κ1) is 17.9. The number of amides is 2. The average Bonchev–Trinajstić information content (AvgIpc) is 2.98. The van der Waals surface area contributed by atoms with Gasteiger partial charge >= 0.3 is 11.7 Å². The van der Waals surface area contributed by atoms with Crippen molar-refractivity contribution in [3.8, 4) is 5.75 Å². The number of hydrogen-bond acceptors (Lipinski definition) is 3. The largest absolute Gasteiger partial charge is 0.508 e. The topological polar surface area (TPSA) is 90.4 Å². The second kappa shape index (κ2) is 7.26. The van der Waals surface area contributed by atoms with Crippen molar-refractivity contribution in [1.82, 2.24) is 14.5 Å². The van der Waals surface area contributed by atoms with Crippen molar-refractivity contribution in [3.05, 3.63) is 56.5 Å². The van der Waals surface area contributed by atoms with Crippen molar-refractivity contribution < 1.29 is 9.90 Å². The highest BCUT2D eigenvalue weighted by Crippen LogP contribution is 2.26. The number of H-pyrrole nitrogens is 1. The summed E-state index contributed by atoms with van der Waals surface area (Å²) in [5, 5.41) is 12.5. The number of phenols is 1. The normalized spacial score (nSPS) is 15.2. The standard InChI is InChI=1S/C19H19IN4O3/c20-12-1-3-13(4-2-12)21-18(26)23-9-7-14(8-10-23)24-17-6-5-15(25)11-16(17)22-19(24)27/h1-6,11,14,25H,7-10H2,(H,21,26)(H,22,27). The Morgan fingerprint density at radius 3 is 2.56 bits per heavy atom. The van der Waals surface area contributed by atoms with Gasteiger partial charge in [-0.2, -0.15) is 0 Å². The molecule has 0 radical (unpaired) electrons. The Morgan fingerprint density at radius 2 is 1.85 bits per heavy atom. The van der Waals surface area contributed by atoms with Crippen molar-refractivity contribution in [2.45, 2.75) is 18.9 Å². The zero-order valence-electron chi connectivity index (χ0n) is 14.5. The van der Waals surface area contributed by atoms with Gasteiger partial charge in [0.15, 0.2) is 0 Å². The molecule has 140 valence electrons. The van der Waals surface area contributed by atoms with E-state index in [4.69, 9.17) is 0 Å². The molecule has 2 amide bonds. The number of carbonyl (C=O) groups is 1. The maximum absolute atomic E-state index is 12.5. The molecule has 0 spiro atoms. The number of rotatable bonds is 2. The molecule has 0 atom stereocenters. The van der Waals surface area contributed by atoms with Crippen molar-refractivity contribution in [1.29, 1.82) is 0 Å². The van der Waals surface area contributed by atoms with Crippen LogP contribution in [-0.4, -0.2) is 38.7 Å². The van der Waals surface area contributed by atoms with Gasteiger partial charge in [0.2, 0.25) is 0 Å². The number of hydrogen-bond donors (Lipinski definition) is 3. The summed E-state index contributed by atoms with van der Waals surface area (Å²) in [6, 6.07) is 12.4. The van der Waals surface area contributed by atoms with E-state index in [0.717, 1.165) is 14.8 Å². The Balaban J connectivity index is 1.44. The van der Waals surface area contributed by atoms with E-state index >= 15 is 0 Å². The van der Waals surface area contributed by atoms with Crippen LogP contribution in [0.4, 0.5) is 10.5 Å². The minimum absolute atomic E-state index is 0.0261. The number of imidazole rings is 1. The van der Waals surface area contributed by atoms with Gasteiger partial charge in [-0.15, -0.1) is 0 Å². The van der Waals surface area contributed by atoms with E-state index in [9.17, 15) is 14.7 Å². The van der Waals surface area contributed by atoms with Gasteiger partial charge in [0.05, 0.1) is 11.0 Å². The third-order valence-electron chi connectivity index (χ3n) is 4.91. The molecule has 27 heavy (non-hydrogen) atoms. The molecule has 0 bridgehead atoms. The van der Waals surface area contributed by atoms with Gasteiger partial charge in [0.1, 0.15) is 5.75 Å². The van der Waals surface area contributed by atoms with Crippen molar-refractivity contribution >= 4 is 45.3 Å². The Hall–Kier alpha value is -2.49. The van der Waals surface area contributed by atoms with Crippen LogP contribution >= 0.6 is 22.6 Å². The maximum Gasteiger partial charge on any atom is 0.326 e. The summed E-state index contributed by atoms with van der Waals surface area (Å²) in [6.45, 7) is 1.16. The molecule has 0 aliphatic carbocycles. The molecule has 8 heteroatoms. The summed E-state index contributed by atoms with van der Waals surface area (Å²) in [7, 11) is 0. The Labute approximate surface area is 169 Å². The number of urea groups is 1. The summed E-state index contributed by atoms with van der Waals surface area (Å²) in [5.74, 6) is 0.123. The van der Waals surface area contributed by atoms with Gasteiger partial charge in [0, 0.05) is 34.5 Å². The number of phenolic OH excluding ortho intramolecular Hbond substituents is 1. The van der Waals surface area contributed by atoms with Crippen LogP contribution in [0.25, 0.3) is 11.0 Å². The third kappa shape index (κ3) is 3.66. The number of aromatic amines is 1. The third-order valence-corrected chi connectivity index (χ3v) is 5.63. The number of nitrogens with zero attached hydrogens (tertiary/aromatic N) is 2. The quantitative estimate of drug-likeness (QED) is 0.493. The zero-order chi connectivity index (χ0) is 19.0. The van der Waals surface area contributed by atoms with Crippen LogP contribution in [0.3, 0.4) is 0 Å². The van der Waals surface area contributed by atoms with Crippen LogP contribution in [-0.2, 0) is 0 Å². The number of piperidine rings is 1. The number of anilines is 1. The molecule has 4 rings (SSSR count). The van der Waals surface area contributed by atoms with Crippen molar-refractivity contribution in [2.24, 2.45) is 0 Å². The lowest BCUT2D eigenvalue weighted by Gasteiger charge is -2.32. The van der Waals surface area contributed by atoms with E-state index in [2.05, 4.69) is 32.9 Å². The summed E-state index contributed by atoms with van der Waals surface area (Å²) < 4.78 is 2.85. The Bertz CT molecular complexity index is 1030. The molecule has 3 N–H and O–H groups in total. The first-order chi connectivity index (χ1) is 13.0. The molecule has 0 saturated carbocycles. The number of carbonyl (C=O) groups excluding carboxylic acids is 1. The van der Waals surface area contributed by atoms with Gasteiger partial charge in [0.25, 0.3) is 0 Å². The van der Waals surface area contributed by atoms with E-state index in [1.54, 1.807) is 27.7 Å². The van der Waals surface area contributed by atoms with Crippen LogP contribution in [0.2, 0.25) is 0 Å². The van der Waals surface area contributed by atoms with E-state index in [0.29, 0.717) is 31.4 Å². The second-order valence-corrected chi connectivity index (χ2v) is 7.90. The fourth-order valence-electron chi connectivity index (χ4n) is 3.54. The number of nitrogens with one attached hydrogen (secondary N) is 2. The van der Waals surface area contributed by atoms with E-state index < -0.39 is 0 Å². The number of aromatic hydroxyl groups is 1. The molecule has 7 nitrogen and oxygen atoms in total. The zero-order valence-corrected chi connectivity index (χ0v) is 16.6. The summed E-state index contributed by atoms with van der Waals surface area (Å²) in [5.41, 5.74) is 1.99. The molecule has 1 saturated heterocycles. The van der Waals surface area contributed by atoms with Crippen LogP contribution in [0.15, 0.2) is 47.3 Å². The lowest BCUT2D eigenvalue weighted by Crippen LogP contribution is -2.42. The summed E-state index contributed by atoms with van der Waals surface area (Å²) in [6.07, 6.45) is 1.40. The van der Waals surface area contributed by atoms with Gasteiger partial charge < -0.3 is 20.3 Å². The number of fused-ring (bicyclic) bond motifs is 1. The predicted octanol–water partition coefficient (Wildman–Crippen LogP) is 3.51. The Morgan fingerprint density at radius 1 is 1.15 bits per heavy atom. The fourth-order valence-corrected chi connectivity index (χ4v) is 3.90. The number of benzene rings is 2. The van der Waals surface area contributed by atoms with Gasteiger partial charge in [-0.1, -0.05) is 0 Å². The number of halogens is 1. The first-order valence-corrected chi connectivity index (χ1v) is 9.84. The van der Waals surface area contributed by atoms with Gasteiger partial charge in [-0.3, -0.25) is 4.57 Å². The average molecular weight is 478 g/mol. The van der Waals surface area contributed by atoms with E-state index in [-0.39, 0.29) is 23.5 Å². The van der Waals surface area contributed by atoms with Crippen LogP contribution in [0.1, 0.15) is 18.9 Å². The molecule has 3 aromatic rings. The lowest BCUT2D eigenvalue weighted by molar-refractivity contribution is 0.184. The molecule has 1 aliphatic rings. The first-order valence-electron chi connectivity index (χ1n) is 8.76. The SMILES string of the molecule is O=C(Nc1ccc(I)cc1)N1CCC(n2c(=O)[nH]c3cc(O)ccc32)CC1. The molecule has 1 aromatic heterocycles. The second-order valence-electron chi connectivity index (χ2n) is 6.66. The van der Waals surface area contributed by atoms with Crippen LogP contribution < -0.4 is 11.0 Å². The predicted molar refractivity (Wildman–Crippen MR) is 112 cm³/mol. The summed E-state index contributed by atoms with van der Waals surface area (Å²) in [4.78, 5) is 29.4. The lowest BCUT2D eigenvalue weighted by atomic mass is 10.0. The smallest absolute Gasteiger partial charge is 0.326 e. The van der Waals surface area contributed by atoms with Crippen LogP contribution in [0.5, 0.6) is 5.75 Å². The molecular formula is C19H19IN4O3. The highest BCUT2D eigenvalue weighted by molar-refractivity contribution is 14.1. The molecule has 2 heterocycles. The molecule has 0 unspecified atom stereocenters. The monoisotopic (exact) mass is 478 g/mol. The molecule has 2 aromatic carbocycles. The maximum atomic E-state index is 12.5. The number of aromatic nitrogens is 2. The minimum Gasteiger partial charge on any atom is -0.508 e. The minimum atomic E-state index is -0.183. The highest BCUT2D eigenvalue weighted by atomic mass is 127. The molecule has 1 aliphatic heterocycles. The number of likely N-dealkylation sites (tertiary alicyclic amines) is 1. The van der Waals surface area contributed by atoms with Gasteiger partial charge in [-0.25, -0.2) is 9.59 Å². The molecule has 1 fully saturated rings. The highest BCUT2D eigenvalue weighted by Gasteiger charge is 2.26. The van der Waals surface area contributed by atoms with Crippen molar-refractivity contribution in [2.75, 3.05) is 18.4 Å². The summed E-state index contributed by atoms with van der Waals surface area (Å²) >= 11 is 2.22. The van der Waals surface area contributed by atoms with Crippen LogP contribution in [0, 0.1) is 3.57 Å².